The molecule has 0 radical (unpaired) electrons. The van der Waals surface area contributed by atoms with Crippen LogP contribution in [0.25, 0.3) is 0 Å². The van der Waals surface area contributed by atoms with Crippen molar-refractivity contribution < 1.29 is 9.53 Å². The third kappa shape index (κ3) is 6.59. The monoisotopic (exact) mass is 319 g/mol. The molecule has 23 heavy (non-hydrogen) atoms. The van der Waals surface area contributed by atoms with Crippen molar-refractivity contribution in [1.82, 2.24) is 15.1 Å². The van der Waals surface area contributed by atoms with Gasteiger partial charge in [0.1, 0.15) is 5.75 Å². The summed E-state index contributed by atoms with van der Waals surface area (Å²) < 4.78 is 5.75. The van der Waals surface area contributed by atoms with Crippen molar-refractivity contribution in [3.05, 3.63) is 29.8 Å². The van der Waals surface area contributed by atoms with Crippen LogP contribution < -0.4 is 10.1 Å². The number of aryl methyl sites for hydroxylation is 1. The van der Waals surface area contributed by atoms with Crippen LogP contribution in [0.4, 0.5) is 0 Å². The van der Waals surface area contributed by atoms with Gasteiger partial charge < -0.3 is 15.0 Å². The Morgan fingerprint density at radius 3 is 2.39 bits per heavy atom. The van der Waals surface area contributed by atoms with Crippen molar-refractivity contribution >= 4 is 5.91 Å². The van der Waals surface area contributed by atoms with Crippen molar-refractivity contribution in [2.45, 2.75) is 19.8 Å². The van der Waals surface area contributed by atoms with E-state index in [9.17, 15) is 4.79 Å². The molecule has 0 atom stereocenters. The van der Waals surface area contributed by atoms with Gasteiger partial charge in [0.2, 0.25) is 5.91 Å². The largest absolute Gasteiger partial charge is 0.494 e. The zero-order valence-electron chi connectivity index (χ0n) is 14.4. The Morgan fingerprint density at radius 1 is 1.09 bits per heavy atom. The van der Waals surface area contributed by atoms with E-state index in [1.807, 2.05) is 12.1 Å². The third-order valence-electron chi connectivity index (χ3n) is 4.27. The van der Waals surface area contributed by atoms with Gasteiger partial charge in [-0.3, -0.25) is 9.69 Å². The van der Waals surface area contributed by atoms with Crippen LogP contribution in [0.15, 0.2) is 24.3 Å². The number of carbonyl (C=O) groups excluding carboxylic acids is 1. The number of ether oxygens (including phenoxy) is 1. The van der Waals surface area contributed by atoms with Gasteiger partial charge in [-0.15, -0.1) is 0 Å². The number of benzene rings is 1. The molecular formula is C18H29N3O2. The van der Waals surface area contributed by atoms with Crippen LogP contribution in [0.5, 0.6) is 5.75 Å². The number of piperazine rings is 1. The van der Waals surface area contributed by atoms with Gasteiger partial charge in [-0.1, -0.05) is 17.7 Å². The van der Waals surface area contributed by atoms with Crippen molar-refractivity contribution in [1.29, 1.82) is 0 Å². The first kappa shape index (κ1) is 17.8. The number of hydrogen-bond acceptors (Lipinski definition) is 4. The molecule has 0 saturated carbocycles. The SMILES string of the molecule is CNC(=O)CN1CCN(CCCCOc2ccc(C)cc2)CC1. The maximum absolute atomic E-state index is 11.4. The van der Waals surface area contributed by atoms with Crippen LogP contribution in [-0.2, 0) is 4.79 Å². The average Bonchev–Trinajstić information content (AvgIpc) is 2.57. The van der Waals surface area contributed by atoms with E-state index in [2.05, 4.69) is 34.2 Å². The molecule has 1 aromatic rings. The van der Waals surface area contributed by atoms with Gasteiger partial charge in [-0.2, -0.15) is 0 Å². The number of unbranched alkanes of at least 4 members (excludes halogenated alkanes) is 1. The molecule has 0 spiro atoms. The molecule has 0 aliphatic carbocycles. The second-order valence-electron chi connectivity index (χ2n) is 6.16. The van der Waals surface area contributed by atoms with E-state index in [1.54, 1.807) is 7.05 Å². The predicted octanol–water partition coefficient (Wildman–Crippen LogP) is 1.52. The quantitative estimate of drug-likeness (QED) is 0.738. The first-order chi connectivity index (χ1) is 11.2. The predicted molar refractivity (Wildman–Crippen MR) is 92.9 cm³/mol. The highest BCUT2D eigenvalue weighted by Crippen LogP contribution is 2.12. The topological polar surface area (TPSA) is 44.8 Å². The first-order valence-corrected chi connectivity index (χ1v) is 8.52. The molecule has 128 valence electrons. The van der Waals surface area contributed by atoms with Gasteiger partial charge >= 0.3 is 0 Å². The van der Waals surface area contributed by atoms with Crippen molar-refractivity contribution in [2.24, 2.45) is 0 Å². The summed E-state index contributed by atoms with van der Waals surface area (Å²) in [6.07, 6.45) is 2.23. The molecule has 1 amide bonds. The lowest BCUT2D eigenvalue weighted by Gasteiger charge is -2.34. The van der Waals surface area contributed by atoms with Crippen LogP contribution in [0, 0.1) is 6.92 Å². The molecule has 2 rings (SSSR count). The molecule has 1 aromatic carbocycles. The Kier molecular flexibility index (Phi) is 7.36. The minimum absolute atomic E-state index is 0.103. The molecule has 0 bridgehead atoms. The lowest BCUT2D eigenvalue weighted by atomic mass is 10.2. The number of carbonyl (C=O) groups is 1. The lowest BCUT2D eigenvalue weighted by Crippen LogP contribution is -2.49. The molecule has 1 saturated heterocycles. The number of likely N-dealkylation sites (N-methyl/N-ethyl adjacent to an activating group) is 1. The molecule has 1 aliphatic heterocycles. The van der Waals surface area contributed by atoms with Crippen molar-refractivity contribution in [3.8, 4) is 5.75 Å². The fourth-order valence-electron chi connectivity index (χ4n) is 2.72. The number of amides is 1. The fourth-order valence-corrected chi connectivity index (χ4v) is 2.72. The zero-order chi connectivity index (χ0) is 16.5. The van der Waals surface area contributed by atoms with Crippen LogP contribution in [-0.4, -0.2) is 68.6 Å². The van der Waals surface area contributed by atoms with Crippen LogP contribution in [0.3, 0.4) is 0 Å². The molecule has 0 unspecified atom stereocenters. The molecule has 5 heteroatoms. The Bertz CT molecular complexity index is 468. The van der Waals surface area contributed by atoms with E-state index < -0.39 is 0 Å². The highest BCUT2D eigenvalue weighted by atomic mass is 16.5. The highest BCUT2D eigenvalue weighted by Gasteiger charge is 2.17. The summed E-state index contributed by atoms with van der Waals surface area (Å²) in [6.45, 7) is 8.56. The minimum Gasteiger partial charge on any atom is -0.494 e. The molecule has 1 N–H and O–H groups in total. The van der Waals surface area contributed by atoms with Crippen molar-refractivity contribution in [2.75, 3.05) is 52.9 Å². The summed E-state index contributed by atoms with van der Waals surface area (Å²) in [5.41, 5.74) is 1.26. The minimum atomic E-state index is 0.103. The van der Waals surface area contributed by atoms with Crippen molar-refractivity contribution in [3.63, 3.8) is 0 Å². The summed E-state index contributed by atoms with van der Waals surface area (Å²) in [5, 5.41) is 2.68. The van der Waals surface area contributed by atoms with E-state index in [-0.39, 0.29) is 5.91 Å². The number of nitrogens with zero attached hydrogens (tertiary/aromatic N) is 2. The Labute approximate surface area is 139 Å². The summed E-state index contributed by atoms with van der Waals surface area (Å²) in [6, 6.07) is 8.21. The second kappa shape index (κ2) is 9.53. The third-order valence-corrected chi connectivity index (χ3v) is 4.27. The standard InChI is InChI=1S/C18H29N3O2/c1-16-5-7-17(8-6-16)23-14-4-3-9-20-10-12-21(13-11-20)15-18(22)19-2/h5-8H,3-4,9-15H2,1-2H3,(H,19,22). The van der Waals surface area contributed by atoms with Gasteiger partial charge in [0.15, 0.2) is 0 Å². The van der Waals surface area contributed by atoms with E-state index in [0.29, 0.717) is 6.54 Å². The summed E-state index contributed by atoms with van der Waals surface area (Å²) >= 11 is 0. The van der Waals surface area contributed by atoms with Gasteiger partial charge in [-0.05, 0) is 38.4 Å². The van der Waals surface area contributed by atoms with Crippen LogP contribution >= 0.6 is 0 Å². The fraction of sp³-hybridized carbons (Fsp3) is 0.611. The Balaban J connectivity index is 1.52. The van der Waals surface area contributed by atoms with E-state index >= 15 is 0 Å². The number of nitrogens with one attached hydrogen (secondary N) is 1. The summed E-state index contributed by atoms with van der Waals surface area (Å²) in [4.78, 5) is 16.1. The van der Waals surface area contributed by atoms with E-state index in [1.165, 1.54) is 5.56 Å². The van der Waals surface area contributed by atoms with E-state index in [4.69, 9.17) is 4.74 Å². The van der Waals surface area contributed by atoms with Gasteiger partial charge in [0.05, 0.1) is 13.2 Å². The molecule has 1 aliphatic rings. The number of hydrogen-bond donors (Lipinski definition) is 1. The maximum atomic E-state index is 11.4. The van der Waals surface area contributed by atoms with Crippen LogP contribution in [0.2, 0.25) is 0 Å². The number of rotatable bonds is 8. The Morgan fingerprint density at radius 2 is 1.74 bits per heavy atom. The van der Waals surface area contributed by atoms with Crippen LogP contribution in [0.1, 0.15) is 18.4 Å². The molecule has 1 heterocycles. The lowest BCUT2D eigenvalue weighted by molar-refractivity contribution is -0.122. The first-order valence-electron chi connectivity index (χ1n) is 8.52. The molecular weight excluding hydrogens is 290 g/mol. The summed E-state index contributed by atoms with van der Waals surface area (Å²) in [7, 11) is 1.69. The average molecular weight is 319 g/mol. The van der Waals surface area contributed by atoms with Gasteiger partial charge in [0, 0.05) is 33.2 Å². The highest BCUT2D eigenvalue weighted by molar-refractivity contribution is 5.77. The smallest absolute Gasteiger partial charge is 0.233 e. The molecule has 1 fully saturated rings. The molecule has 5 nitrogen and oxygen atoms in total. The van der Waals surface area contributed by atoms with Gasteiger partial charge in [-0.25, -0.2) is 0 Å². The molecule has 0 aromatic heterocycles. The summed E-state index contributed by atoms with van der Waals surface area (Å²) in [5.74, 6) is 1.06. The second-order valence-corrected chi connectivity index (χ2v) is 6.16. The zero-order valence-corrected chi connectivity index (χ0v) is 14.4. The maximum Gasteiger partial charge on any atom is 0.233 e. The van der Waals surface area contributed by atoms with Gasteiger partial charge in [0.25, 0.3) is 0 Å². The normalized spacial score (nSPS) is 16.3. The Hall–Kier alpha value is -1.59. The van der Waals surface area contributed by atoms with E-state index in [0.717, 1.165) is 57.9 Å².